The van der Waals surface area contributed by atoms with Crippen LogP contribution in [0.1, 0.15) is 0 Å². The molecule has 4 aromatic heterocycles. The lowest BCUT2D eigenvalue weighted by molar-refractivity contribution is 0.669. The molecule has 17 aromatic carbocycles. The van der Waals surface area contributed by atoms with Crippen molar-refractivity contribution in [2.75, 3.05) is 30.7 Å². The number of para-hydroxylation sites is 8. The monoisotopic (exact) mass is 1490 g/mol. The highest BCUT2D eigenvalue weighted by Gasteiger charge is 2.22. The van der Waals surface area contributed by atoms with Gasteiger partial charge in [-0.25, -0.2) is 0 Å². The molecule has 21 rings (SSSR count). The fourth-order valence-electron chi connectivity index (χ4n) is 15.1. The van der Waals surface area contributed by atoms with E-state index in [-0.39, 0.29) is 0 Å². The van der Waals surface area contributed by atoms with Gasteiger partial charge in [-0.3, -0.25) is 0 Å². The van der Waals surface area contributed by atoms with Gasteiger partial charge in [0.05, 0.1) is 26.5 Å². The van der Waals surface area contributed by atoms with Crippen molar-refractivity contribution in [1.82, 2.24) is 0 Å². The topological polar surface area (TPSA) is 59.0 Å². The highest BCUT2D eigenvalue weighted by molar-refractivity contribution is 7.27. The van der Waals surface area contributed by atoms with E-state index in [1.807, 2.05) is 58.3 Å². The quantitative estimate of drug-likeness (QED) is 0.0891. The average Bonchev–Trinajstić information content (AvgIpc) is 1.59. The predicted molar refractivity (Wildman–Crippen MR) is 484 cm³/mol. The van der Waals surface area contributed by atoms with E-state index in [1.54, 1.807) is 0 Å². The maximum Gasteiger partial charge on any atom is 0.135 e. The number of thiophene rings is 3. The van der Waals surface area contributed by atoms with Crippen molar-refractivity contribution < 1.29 is 4.42 Å². The Morgan fingerprint density at radius 3 is 1.16 bits per heavy atom. The standard InChI is InChI=1S/C36H24N2OS.C36H26N2S.C30H22N2S/c1-3-10-26(11-4-1)38(27-12-5-2-6-13-27)31-15-9-17-34-36(31)29-20-18-25(23-35(29)40-34)37-24-19-21-33-30(22-24)28-14-7-8-16-32(28)39-33;1-4-12-26(13-5-1)27-14-10-15-28(24-27)37-34-21-11-20-32-33-25-31(22-23-35(33)39-36(32)34)38(29-16-6-2-7-17-29)30-18-8-3-9-19-30;1-4-11-22(12-5-1)31-28-18-10-17-26-27-21-25(19-20-29(27)33-30(26)28)32(23-13-6-2-7-14-23)24-15-8-3-9-16-24/h1-23,37H;1-25,37H;1-21,31H. The molecule has 0 saturated carbocycles. The van der Waals surface area contributed by atoms with Crippen LogP contribution >= 0.6 is 34.0 Å². The Morgan fingerprint density at radius 1 is 0.205 bits per heavy atom. The maximum atomic E-state index is 6.01. The fourth-order valence-corrected chi connectivity index (χ4v) is 18.6. The summed E-state index contributed by atoms with van der Waals surface area (Å²) in [5.74, 6) is 0. The zero-order valence-corrected chi connectivity index (χ0v) is 63.3. The lowest BCUT2D eigenvalue weighted by Gasteiger charge is -2.26. The minimum atomic E-state index is 0.903. The van der Waals surface area contributed by atoms with Crippen LogP contribution in [-0.2, 0) is 0 Å². The smallest absolute Gasteiger partial charge is 0.135 e. The van der Waals surface area contributed by atoms with E-state index in [0.717, 1.165) is 102 Å². The Morgan fingerprint density at radius 2 is 0.616 bits per heavy atom. The summed E-state index contributed by atoms with van der Waals surface area (Å²) in [4.78, 5) is 6.99. The number of hydrogen-bond donors (Lipinski definition) is 3. The highest BCUT2D eigenvalue weighted by atomic mass is 32.1. The number of rotatable bonds is 16. The Balaban J connectivity index is 0.000000114. The SMILES string of the molecule is c1ccc(-c2cccc(Nc3cccc4c3sc3ccc(N(c5ccccc5)c5ccccc5)cc34)c2)cc1.c1ccc(N(c2ccccc2)c2cccc3sc4cc(Nc5ccc6oc7ccccc7c6c5)ccc4c23)cc1.c1ccc(Nc2cccc3c2sc2ccc(N(c4ccccc4)c4ccccc4)cc23)cc1. The van der Waals surface area contributed by atoms with Crippen LogP contribution in [0.5, 0.6) is 0 Å². The van der Waals surface area contributed by atoms with Gasteiger partial charge in [0.2, 0.25) is 0 Å². The van der Waals surface area contributed by atoms with Crippen molar-refractivity contribution in [3.63, 3.8) is 0 Å². The van der Waals surface area contributed by atoms with Gasteiger partial charge in [-0.1, -0.05) is 224 Å². The number of anilines is 15. The minimum absolute atomic E-state index is 0.903. The van der Waals surface area contributed by atoms with E-state index >= 15 is 0 Å². The molecule has 0 spiro atoms. The van der Waals surface area contributed by atoms with Crippen molar-refractivity contribution in [3.05, 3.63) is 419 Å². The number of furan rings is 1. The molecule has 4 heterocycles. The molecule has 0 saturated heterocycles. The van der Waals surface area contributed by atoms with Crippen LogP contribution in [0.2, 0.25) is 0 Å². The molecule has 0 atom stereocenters. The largest absolute Gasteiger partial charge is 0.456 e. The number of nitrogens with one attached hydrogen (secondary N) is 3. The van der Waals surface area contributed by atoms with Gasteiger partial charge in [0.25, 0.3) is 0 Å². The predicted octanol–water partition coefficient (Wildman–Crippen LogP) is 31.4. The van der Waals surface area contributed by atoms with E-state index in [9.17, 15) is 0 Å². The Bertz CT molecular complexity index is 6740. The van der Waals surface area contributed by atoms with Crippen LogP contribution in [0.15, 0.2) is 423 Å². The molecule has 3 N–H and O–H groups in total. The Kier molecular flexibility index (Phi) is 18.9. The van der Waals surface area contributed by atoms with Crippen molar-refractivity contribution in [1.29, 1.82) is 0 Å². The second-order valence-corrected chi connectivity index (χ2v) is 30.6. The highest BCUT2D eigenvalue weighted by Crippen LogP contribution is 2.49. The Hall–Kier alpha value is -14.0. The molecule has 0 bridgehead atoms. The molecule has 10 heteroatoms. The molecule has 112 heavy (non-hydrogen) atoms. The lowest BCUT2D eigenvalue weighted by Crippen LogP contribution is -2.09. The van der Waals surface area contributed by atoms with E-state index in [0.29, 0.717) is 0 Å². The van der Waals surface area contributed by atoms with Crippen LogP contribution in [0.4, 0.5) is 85.3 Å². The van der Waals surface area contributed by atoms with Crippen molar-refractivity contribution >= 4 is 202 Å². The number of nitrogens with zero attached hydrogens (tertiary/aromatic N) is 3. The van der Waals surface area contributed by atoms with Gasteiger partial charge in [-0.05, 0) is 205 Å². The van der Waals surface area contributed by atoms with Crippen LogP contribution in [0, 0.1) is 0 Å². The summed E-state index contributed by atoms with van der Waals surface area (Å²) in [6.07, 6.45) is 0. The first kappa shape index (κ1) is 68.5. The van der Waals surface area contributed by atoms with Crippen molar-refractivity contribution in [2.45, 2.75) is 0 Å². The van der Waals surface area contributed by atoms with Crippen LogP contribution in [-0.4, -0.2) is 0 Å². The Labute approximate surface area is 661 Å². The first-order chi connectivity index (χ1) is 55.5. The van der Waals surface area contributed by atoms with Gasteiger partial charge in [-0.15, -0.1) is 34.0 Å². The summed E-state index contributed by atoms with van der Waals surface area (Å²) < 4.78 is 13.6. The first-order valence-electron chi connectivity index (χ1n) is 37.5. The van der Waals surface area contributed by atoms with Crippen molar-refractivity contribution in [2.24, 2.45) is 0 Å². The van der Waals surface area contributed by atoms with Gasteiger partial charge in [0.15, 0.2) is 0 Å². The zero-order valence-electron chi connectivity index (χ0n) is 60.8. The summed E-state index contributed by atoms with van der Waals surface area (Å²) >= 11 is 5.51. The number of fused-ring (bicyclic) bond motifs is 12. The van der Waals surface area contributed by atoms with E-state index in [1.165, 1.54) is 77.3 Å². The third kappa shape index (κ3) is 14.0. The van der Waals surface area contributed by atoms with Gasteiger partial charge >= 0.3 is 0 Å². The normalized spacial score (nSPS) is 11.2. The molecule has 534 valence electrons. The summed E-state index contributed by atoms with van der Waals surface area (Å²) in [5.41, 5.74) is 21.1. The van der Waals surface area contributed by atoms with Gasteiger partial charge in [-0.2, -0.15) is 0 Å². The van der Waals surface area contributed by atoms with Crippen molar-refractivity contribution in [3.8, 4) is 11.1 Å². The molecule has 0 amide bonds. The second kappa shape index (κ2) is 30.9. The molecule has 0 radical (unpaired) electrons. The molecular formula is C102H72N6OS3. The molecule has 0 aliphatic heterocycles. The number of benzene rings is 17. The minimum Gasteiger partial charge on any atom is -0.456 e. The lowest BCUT2D eigenvalue weighted by atomic mass is 10.1. The fraction of sp³-hybridized carbons (Fsp3) is 0. The van der Waals surface area contributed by atoms with E-state index in [2.05, 4.69) is 425 Å². The summed E-state index contributed by atoms with van der Waals surface area (Å²) in [5, 5.41) is 20.8. The summed E-state index contributed by atoms with van der Waals surface area (Å²) in [7, 11) is 0. The molecule has 0 unspecified atom stereocenters. The average molecular weight is 1490 g/mol. The molecule has 0 aliphatic carbocycles. The third-order valence-electron chi connectivity index (χ3n) is 20.2. The van der Waals surface area contributed by atoms with Crippen LogP contribution in [0.3, 0.4) is 0 Å². The van der Waals surface area contributed by atoms with Gasteiger partial charge < -0.3 is 35.1 Å². The zero-order chi connectivity index (χ0) is 74.5. The molecule has 21 aromatic rings. The van der Waals surface area contributed by atoms with Gasteiger partial charge in [0, 0.05) is 130 Å². The summed E-state index contributed by atoms with van der Waals surface area (Å²) in [6, 6.07) is 147. The molecule has 7 nitrogen and oxygen atoms in total. The molecule has 0 fully saturated rings. The van der Waals surface area contributed by atoms with Crippen LogP contribution in [0.25, 0.3) is 93.6 Å². The van der Waals surface area contributed by atoms with E-state index < -0.39 is 0 Å². The molecule has 0 aliphatic rings. The first-order valence-corrected chi connectivity index (χ1v) is 40.0. The summed E-state index contributed by atoms with van der Waals surface area (Å²) in [6.45, 7) is 0. The van der Waals surface area contributed by atoms with Crippen LogP contribution < -0.4 is 30.7 Å². The number of hydrogen-bond acceptors (Lipinski definition) is 10. The third-order valence-corrected chi connectivity index (χ3v) is 23.8. The second-order valence-electron chi connectivity index (χ2n) is 27.4. The van der Waals surface area contributed by atoms with Gasteiger partial charge in [0.1, 0.15) is 11.2 Å². The van der Waals surface area contributed by atoms with E-state index in [4.69, 9.17) is 4.42 Å². The molecular weight excluding hydrogens is 1420 g/mol. The maximum absolute atomic E-state index is 6.01.